The normalized spacial score (nSPS) is 28.9. The van der Waals surface area contributed by atoms with Crippen LogP contribution in [0.4, 0.5) is 26.3 Å². The molecular formula is C22H20F6N4O4. The fourth-order valence-corrected chi connectivity index (χ4v) is 4.30. The largest absolute Gasteiger partial charge is 0.438 e. The smallest absolute Gasteiger partial charge is 0.362 e. The number of alkyl halides is 6. The highest BCUT2D eigenvalue weighted by Crippen LogP contribution is 2.47. The molecule has 5 rings (SSSR count). The van der Waals surface area contributed by atoms with Crippen LogP contribution in [-0.4, -0.2) is 67.3 Å². The predicted molar refractivity (Wildman–Crippen MR) is 110 cm³/mol. The van der Waals surface area contributed by atoms with Gasteiger partial charge in [0.15, 0.2) is 0 Å². The Hall–Kier alpha value is -3.00. The molecule has 2 atom stereocenters. The van der Waals surface area contributed by atoms with E-state index < -0.39 is 48.5 Å². The second-order valence-electron chi connectivity index (χ2n) is 9.52. The molecule has 2 saturated carbocycles. The first-order valence-corrected chi connectivity index (χ1v) is 11.2. The minimum absolute atomic E-state index is 0.0352. The molecular weight excluding hydrogens is 498 g/mol. The number of carbonyl (C=O) groups excluding carboxylic acids is 2. The molecule has 194 valence electrons. The average molecular weight is 518 g/mol. The van der Waals surface area contributed by atoms with Gasteiger partial charge in [-0.25, -0.2) is 0 Å². The Morgan fingerprint density at radius 2 is 1.03 bits per heavy atom. The molecule has 2 aliphatic carbocycles. The Labute approximate surface area is 199 Å². The molecule has 2 fully saturated rings. The zero-order valence-corrected chi connectivity index (χ0v) is 18.5. The fraction of sp³-hybridized carbons (Fsp3) is 0.545. The molecule has 0 radical (unpaired) electrons. The van der Waals surface area contributed by atoms with Crippen LogP contribution in [0.5, 0.6) is 0 Å². The summed E-state index contributed by atoms with van der Waals surface area (Å²) in [5.74, 6) is -3.09. The van der Waals surface area contributed by atoms with Crippen LogP contribution in [0.25, 0.3) is 0 Å². The number of nitrogens with zero attached hydrogens (tertiary/aromatic N) is 4. The van der Waals surface area contributed by atoms with Crippen molar-refractivity contribution in [3.63, 3.8) is 0 Å². The number of hydrogen-bond donors (Lipinski definition) is 2. The number of benzene rings is 1. The molecule has 2 amide bonds. The fourth-order valence-electron chi connectivity index (χ4n) is 4.30. The van der Waals surface area contributed by atoms with Gasteiger partial charge < -0.3 is 10.2 Å². The van der Waals surface area contributed by atoms with Crippen LogP contribution in [0, 0.1) is 11.8 Å². The zero-order valence-electron chi connectivity index (χ0n) is 18.5. The van der Waals surface area contributed by atoms with Crippen molar-refractivity contribution in [3.05, 3.63) is 35.4 Å². The van der Waals surface area contributed by atoms with Crippen LogP contribution < -0.4 is 0 Å². The van der Waals surface area contributed by atoms with Gasteiger partial charge in [0, 0.05) is 35.4 Å². The summed E-state index contributed by atoms with van der Waals surface area (Å²) in [5.41, 5.74) is -7.74. The molecule has 36 heavy (non-hydrogen) atoms. The first kappa shape index (κ1) is 24.7. The van der Waals surface area contributed by atoms with Crippen molar-refractivity contribution in [2.24, 2.45) is 22.0 Å². The summed E-state index contributed by atoms with van der Waals surface area (Å²) < 4.78 is 81.8. The summed E-state index contributed by atoms with van der Waals surface area (Å²) in [6, 6.07) is 3.74. The first-order chi connectivity index (χ1) is 16.7. The third-order valence-corrected chi connectivity index (χ3v) is 6.78. The first-order valence-electron chi connectivity index (χ1n) is 11.2. The number of hydrazone groups is 2. The Bertz CT molecular complexity index is 1080. The van der Waals surface area contributed by atoms with E-state index in [4.69, 9.17) is 0 Å². The summed E-state index contributed by atoms with van der Waals surface area (Å²) >= 11 is 0. The van der Waals surface area contributed by atoms with E-state index in [0.717, 1.165) is 24.3 Å². The minimum atomic E-state index is -5.20. The van der Waals surface area contributed by atoms with E-state index in [0.29, 0.717) is 25.7 Å². The van der Waals surface area contributed by atoms with Crippen molar-refractivity contribution in [1.29, 1.82) is 0 Å². The lowest BCUT2D eigenvalue weighted by atomic mass is 10.0. The molecule has 0 bridgehead atoms. The molecule has 8 nitrogen and oxygen atoms in total. The minimum Gasteiger partial charge on any atom is -0.362 e. The van der Waals surface area contributed by atoms with Gasteiger partial charge in [-0.05, 0) is 61.8 Å². The van der Waals surface area contributed by atoms with Gasteiger partial charge in [-0.15, -0.1) is 0 Å². The Kier molecular flexibility index (Phi) is 5.31. The van der Waals surface area contributed by atoms with E-state index >= 15 is 0 Å². The lowest BCUT2D eigenvalue weighted by molar-refractivity contribution is -0.297. The van der Waals surface area contributed by atoms with Gasteiger partial charge in [-0.3, -0.25) is 9.59 Å². The summed E-state index contributed by atoms with van der Waals surface area (Å²) in [4.78, 5) is 25.7. The van der Waals surface area contributed by atoms with Crippen LogP contribution in [0.3, 0.4) is 0 Å². The Morgan fingerprint density at radius 1 is 0.722 bits per heavy atom. The molecule has 0 aromatic heterocycles. The summed E-state index contributed by atoms with van der Waals surface area (Å²) in [5, 5.41) is 28.0. The number of rotatable bonds is 4. The van der Waals surface area contributed by atoms with E-state index in [2.05, 4.69) is 10.2 Å². The third-order valence-electron chi connectivity index (χ3n) is 6.78. The van der Waals surface area contributed by atoms with E-state index in [1.54, 1.807) is 0 Å². The van der Waals surface area contributed by atoms with Crippen LogP contribution in [0.15, 0.2) is 34.5 Å². The van der Waals surface area contributed by atoms with Gasteiger partial charge in [0.1, 0.15) is 0 Å². The van der Waals surface area contributed by atoms with E-state index in [1.165, 1.54) is 0 Å². The molecule has 4 aliphatic rings. The van der Waals surface area contributed by atoms with E-state index in [-0.39, 0.29) is 44.4 Å². The number of carbonyl (C=O) groups is 2. The number of halogens is 6. The Balaban J connectivity index is 1.40. The second kappa shape index (κ2) is 7.75. The highest BCUT2D eigenvalue weighted by Gasteiger charge is 2.65. The molecule has 0 saturated heterocycles. The molecule has 2 N–H and O–H groups in total. The van der Waals surface area contributed by atoms with Gasteiger partial charge in [-0.2, -0.15) is 46.6 Å². The summed E-state index contributed by atoms with van der Waals surface area (Å²) in [6.07, 6.45) is -9.78. The average Bonchev–Trinajstić information content (AvgIpc) is 3.72. The molecule has 1 aromatic rings. The lowest BCUT2D eigenvalue weighted by Gasteiger charge is -2.33. The highest BCUT2D eigenvalue weighted by molar-refractivity contribution is 6.02. The highest BCUT2D eigenvalue weighted by atomic mass is 19.4. The van der Waals surface area contributed by atoms with Crippen molar-refractivity contribution in [2.45, 2.75) is 62.3 Å². The monoisotopic (exact) mass is 518 g/mol. The van der Waals surface area contributed by atoms with Crippen molar-refractivity contribution in [1.82, 2.24) is 10.0 Å². The van der Waals surface area contributed by atoms with Crippen LogP contribution >= 0.6 is 0 Å². The Morgan fingerprint density at radius 3 is 1.28 bits per heavy atom. The molecule has 1 aromatic carbocycles. The van der Waals surface area contributed by atoms with Crippen LogP contribution in [0.1, 0.15) is 59.2 Å². The number of amides is 2. The second-order valence-corrected chi connectivity index (χ2v) is 9.52. The third kappa shape index (κ3) is 3.86. The molecule has 0 spiro atoms. The van der Waals surface area contributed by atoms with Gasteiger partial charge in [0.2, 0.25) is 0 Å². The maximum Gasteiger partial charge on any atom is 0.438 e. The van der Waals surface area contributed by atoms with Crippen molar-refractivity contribution < 1.29 is 46.1 Å². The zero-order chi connectivity index (χ0) is 26.3. The topological polar surface area (TPSA) is 106 Å². The number of aliphatic hydroxyl groups is 2. The standard InChI is InChI=1S/C22H20F6N4O4/c23-21(24,25)19(35)9-15(11-1-2-11)29-31(19)17(33)13-5-7-14(8-6-13)18(34)32-20(36,22(26,27)28)10-16(30-32)12-3-4-12/h5-8,11-12,35-36H,1-4,9-10H2/t19-,20+. The molecule has 0 unspecified atom stereocenters. The van der Waals surface area contributed by atoms with Crippen molar-refractivity contribution in [3.8, 4) is 0 Å². The quantitative estimate of drug-likeness (QED) is 0.596. The van der Waals surface area contributed by atoms with Crippen LogP contribution in [-0.2, 0) is 0 Å². The van der Waals surface area contributed by atoms with Gasteiger partial charge in [-0.1, -0.05) is 0 Å². The lowest BCUT2D eigenvalue weighted by Crippen LogP contribution is -2.57. The summed E-state index contributed by atoms with van der Waals surface area (Å²) in [6.45, 7) is 0. The van der Waals surface area contributed by atoms with E-state index in [1.807, 2.05) is 0 Å². The van der Waals surface area contributed by atoms with E-state index in [9.17, 15) is 46.1 Å². The van der Waals surface area contributed by atoms with Gasteiger partial charge in [0.05, 0.1) is 0 Å². The molecule has 14 heteroatoms. The maximum absolute atomic E-state index is 13.6. The van der Waals surface area contributed by atoms with Crippen LogP contribution in [0.2, 0.25) is 0 Å². The molecule has 2 heterocycles. The predicted octanol–water partition coefficient (Wildman–Crippen LogP) is 3.41. The van der Waals surface area contributed by atoms with Crippen molar-refractivity contribution in [2.75, 3.05) is 0 Å². The number of hydrogen-bond acceptors (Lipinski definition) is 6. The van der Waals surface area contributed by atoms with Gasteiger partial charge >= 0.3 is 12.4 Å². The van der Waals surface area contributed by atoms with Crippen molar-refractivity contribution >= 4 is 23.2 Å². The summed E-state index contributed by atoms with van der Waals surface area (Å²) in [7, 11) is 0. The maximum atomic E-state index is 13.6. The molecule has 2 aliphatic heterocycles. The van der Waals surface area contributed by atoms with Gasteiger partial charge in [0.25, 0.3) is 23.3 Å². The SMILES string of the molecule is O=C(c1ccc(C(=O)N2N=C(C3CC3)C[C@@]2(O)C(F)(F)F)cc1)N1N=C(C2CC2)C[C@]1(O)C(F)(F)F.